The number of fused-ring (bicyclic) bond motifs is 1. The first kappa shape index (κ1) is 13.6. The Morgan fingerprint density at radius 2 is 2.11 bits per heavy atom. The normalized spacial score (nSPS) is 11.8. The lowest BCUT2D eigenvalue weighted by atomic mass is 9.95. The topological polar surface area (TPSA) is 55.1 Å². The van der Waals surface area contributed by atoms with Crippen LogP contribution in [-0.2, 0) is 11.2 Å². The van der Waals surface area contributed by atoms with E-state index >= 15 is 0 Å². The highest BCUT2D eigenvalue weighted by atomic mass is 16.3. The number of aryl methyl sites for hydroxylation is 1. The molecule has 0 spiro atoms. The highest BCUT2D eigenvalue weighted by molar-refractivity contribution is 5.81. The molecule has 0 radical (unpaired) electrons. The van der Waals surface area contributed by atoms with Crippen LogP contribution in [0.3, 0.4) is 0 Å². The van der Waals surface area contributed by atoms with Crippen molar-refractivity contribution in [3.63, 3.8) is 0 Å². The molecule has 2 aromatic rings. The molecule has 0 saturated heterocycles. The Hall–Kier alpha value is -1.84. The van der Waals surface area contributed by atoms with Crippen LogP contribution in [-0.4, -0.2) is 17.4 Å². The van der Waals surface area contributed by atoms with E-state index in [0.29, 0.717) is 12.4 Å². The number of benzene rings is 1. The maximum Gasteiger partial charge on any atom is 0.225 e. The van der Waals surface area contributed by atoms with E-state index in [1.165, 1.54) is 0 Å². The lowest BCUT2D eigenvalue weighted by Crippen LogP contribution is -2.35. The Bertz CT molecular complexity index is 594. The third-order valence-electron chi connectivity index (χ3n) is 2.94. The fraction of sp³-hybridized carbons (Fsp3) is 0.467. The first-order valence-corrected chi connectivity index (χ1v) is 6.50. The van der Waals surface area contributed by atoms with Crippen LogP contribution in [0.1, 0.15) is 32.2 Å². The number of hydrogen-bond donors (Lipinski definition) is 1. The van der Waals surface area contributed by atoms with Crippen LogP contribution in [0.15, 0.2) is 22.6 Å². The molecule has 0 aliphatic heterocycles. The van der Waals surface area contributed by atoms with Crippen LogP contribution in [0.4, 0.5) is 0 Å². The van der Waals surface area contributed by atoms with Gasteiger partial charge in [0.2, 0.25) is 5.91 Å². The maximum absolute atomic E-state index is 11.7. The molecule has 1 aromatic carbocycles. The molecule has 0 unspecified atom stereocenters. The monoisotopic (exact) mass is 260 g/mol. The summed E-state index contributed by atoms with van der Waals surface area (Å²) in [7, 11) is 0. The third-order valence-corrected chi connectivity index (χ3v) is 2.94. The van der Waals surface area contributed by atoms with E-state index in [1.807, 2.05) is 45.9 Å². The molecule has 1 amide bonds. The second-order valence-electron chi connectivity index (χ2n) is 5.79. The van der Waals surface area contributed by atoms with E-state index in [0.717, 1.165) is 23.1 Å². The Labute approximate surface area is 113 Å². The molecular weight excluding hydrogens is 240 g/mol. The van der Waals surface area contributed by atoms with Crippen molar-refractivity contribution in [1.29, 1.82) is 0 Å². The largest absolute Gasteiger partial charge is 0.441 e. The summed E-state index contributed by atoms with van der Waals surface area (Å²) in [4.78, 5) is 16.0. The summed E-state index contributed by atoms with van der Waals surface area (Å²) in [5, 5.41) is 2.94. The summed E-state index contributed by atoms with van der Waals surface area (Å²) in [5.41, 5.74) is 2.49. The minimum atomic E-state index is -0.340. The van der Waals surface area contributed by atoms with Crippen molar-refractivity contribution in [3.8, 4) is 0 Å². The fourth-order valence-corrected chi connectivity index (χ4v) is 1.83. The molecule has 1 aromatic heterocycles. The van der Waals surface area contributed by atoms with E-state index in [9.17, 15) is 4.79 Å². The van der Waals surface area contributed by atoms with Crippen LogP contribution in [0.5, 0.6) is 0 Å². The zero-order chi connectivity index (χ0) is 14.0. The number of amides is 1. The number of nitrogens with zero attached hydrogens (tertiary/aromatic N) is 1. The summed E-state index contributed by atoms with van der Waals surface area (Å²) in [6, 6.07) is 5.95. The summed E-state index contributed by atoms with van der Waals surface area (Å²) < 4.78 is 5.43. The van der Waals surface area contributed by atoms with Gasteiger partial charge < -0.3 is 9.73 Å². The number of nitrogens with one attached hydrogen (secondary N) is 1. The van der Waals surface area contributed by atoms with Gasteiger partial charge in [-0.2, -0.15) is 0 Å². The molecule has 2 rings (SSSR count). The van der Waals surface area contributed by atoms with Gasteiger partial charge in [0.05, 0.1) is 0 Å². The molecule has 0 atom stereocenters. The minimum absolute atomic E-state index is 0.0749. The second kappa shape index (κ2) is 5.03. The zero-order valence-corrected chi connectivity index (χ0v) is 11.9. The van der Waals surface area contributed by atoms with Gasteiger partial charge in [-0.3, -0.25) is 4.79 Å². The molecule has 0 saturated carbocycles. The van der Waals surface area contributed by atoms with Crippen LogP contribution in [0.25, 0.3) is 11.1 Å². The zero-order valence-electron chi connectivity index (χ0n) is 11.9. The number of carbonyl (C=O) groups excluding carboxylic acids is 1. The van der Waals surface area contributed by atoms with Gasteiger partial charge in [0.25, 0.3) is 0 Å². The third kappa shape index (κ3) is 3.34. The molecule has 1 N–H and O–H groups in total. The van der Waals surface area contributed by atoms with Gasteiger partial charge in [-0.05, 0) is 24.1 Å². The highest BCUT2D eigenvalue weighted by Crippen LogP contribution is 2.17. The summed E-state index contributed by atoms with van der Waals surface area (Å²) >= 11 is 0. The lowest BCUT2D eigenvalue weighted by Gasteiger charge is -2.17. The molecule has 4 heteroatoms. The smallest absolute Gasteiger partial charge is 0.225 e. The predicted molar refractivity (Wildman–Crippen MR) is 74.9 cm³/mol. The van der Waals surface area contributed by atoms with Crippen LogP contribution in [0, 0.1) is 12.3 Å². The standard InChI is InChI=1S/C15H20N2O2/c1-10-17-12-9-11(5-6-13(12)19-10)7-8-16-14(18)15(2,3)4/h5-6,9H,7-8H2,1-4H3,(H,16,18). The highest BCUT2D eigenvalue weighted by Gasteiger charge is 2.20. The van der Waals surface area contributed by atoms with Gasteiger partial charge in [0, 0.05) is 18.9 Å². The number of rotatable bonds is 3. The van der Waals surface area contributed by atoms with E-state index < -0.39 is 0 Å². The Balaban J connectivity index is 1.96. The van der Waals surface area contributed by atoms with Gasteiger partial charge in [-0.1, -0.05) is 26.8 Å². The van der Waals surface area contributed by atoms with Crippen LogP contribution < -0.4 is 5.32 Å². The van der Waals surface area contributed by atoms with Crippen LogP contribution >= 0.6 is 0 Å². The van der Waals surface area contributed by atoms with Crippen LogP contribution in [0.2, 0.25) is 0 Å². The number of hydrogen-bond acceptors (Lipinski definition) is 3. The molecule has 0 fully saturated rings. The van der Waals surface area contributed by atoms with E-state index in [2.05, 4.69) is 10.3 Å². The molecule has 0 bridgehead atoms. The second-order valence-corrected chi connectivity index (χ2v) is 5.79. The van der Waals surface area contributed by atoms with Crippen molar-refractivity contribution in [1.82, 2.24) is 10.3 Å². The number of carbonyl (C=O) groups is 1. The summed E-state index contributed by atoms with van der Waals surface area (Å²) in [6.45, 7) is 8.20. The minimum Gasteiger partial charge on any atom is -0.441 e. The fourth-order valence-electron chi connectivity index (χ4n) is 1.83. The van der Waals surface area contributed by atoms with Crippen molar-refractivity contribution in [3.05, 3.63) is 29.7 Å². The average Bonchev–Trinajstić information content (AvgIpc) is 2.67. The van der Waals surface area contributed by atoms with Crippen molar-refractivity contribution in [2.45, 2.75) is 34.1 Å². The lowest BCUT2D eigenvalue weighted by molar-refractivity contribution is -0.128. The van der Waals surface area contributed by atoms with Gasteiger partial charge in [-0.15, -0.1) is 0 Å². The molecule has 0 aliphatic rings. The maximum atomic E-state index is 11.7. The van der Waals surface area contributed by atoms with E-state index in [1.54, 1.807) is 0 Å². The first-order chi connectivity index (χ1) is 8.86. The summed E-state index contributed by atoms with van der Waals surface area (Å²) in [5.74, 6) is 0.749. The van der Waals surface area contributed by atoms with E-state index in [-0.39, 0.29) is 11.3 Å². The quantitative estimate of drug-likeness (QED) is 0.923. The number of aromatic nitrogens is 1. The first-order valence-electron chi connectivity index (χ1n) is 6.50. The van der Waals surface area contributed by atoms with Crippen molar-refractivity contribution in [2.75, 3.05) is 6.54 Å². The predicted octanol–water partition coefficient (Wildman–Crippen LogP) is 2.84. The SMILES string of the molecule is Cc1nc2cc(CCNC(=O)C(C)(C)C)ccc2o1. The molecule has 1 heterocycles. The summed E-state index contributed by atoms with van der Waals surface area (Å²) in [6.07, 6.45) is 0.795. The Kier molecular flexibility index (Phi) is 3.60. The van der Waals surface area contributed by atoms with Gasteiger partial charge in [-0.25, -0.2) is 4.98 Å². The molecule has 4 nitrogen and oxygen atoms in total. The van der Waals surface area contributed by atoms with E-state index in [4.69, 9.17) is 4.42 Å². The number of oxazole rings is 1. The molecule has 102 valence electrons. The van der Waals surface area contributed by atoms with Crippen molar-refractivity contribution in [2.24, 2.45) is 5.41 Å². The van der Waals surface area contributed by atoms with Crippen molar-refractivity contribution < 1.29 is 9.21 Å². The Morgan fingerprint density at radius 3 is 2.79 bits per heavy atom. The van der Waals surface area contributed by atoms with Gasteiger partial charge in [0.15, 0.2) is 11.5 Å². The van der Waals surface area contributed by atoms with Crippen molar-refractivity contribution >= 4 is 17.0 Å². The van der Waals surface area contributed by atoms with Gasteiger partial charge in [0.1, 0.15) is 5.52 Å². The van der Waals surface area contributed by atoms with Gasteiger partial charge >= 0.3 is 0 Å². The molecular formula is C15H20N2O2. The average molecular weight is 260 g/mol. The molecule has 19 heavy (non-hydrogen) atoms. The molecule has 0 aliphatic carbocycles. The Morgan fingerprint density at radius 1 is 1.37 bits per heavy atom.